The highest BCUT2D eigenvalue weighted by molar-refractivity contribution is 7.90. The lowest BCUT2D eigenvalue weighted by Crippen LogP contribution is -2.18. The molecule has 1 aliphatic rings. The van der Waals surface area contributed by atoms with Crippen LogP contribution in [0.15, 0.2) is 4.42 Å². The van der Waals surface area contributed by atoms with Crippen molar-refractivity contribution in [3.63, 3.8) is 0 Å². The molecule has 0 fully saturated rings. The normalized spacial score (nSPS) is 19.8. The van der Waals surface area contributed by atoms with Gasteiger partial charge in [-0.25, -0.2) is 13.4 Å². The molecule has 0 aromatic carbocycles. The van der Waals surface area contributed by atoms with E-state index in [4.69, 9.17) is 10.2 Å². The molecule has 0 amide bonds. The van der Waals surface area contributed by atoms with Crippen molar-refractivity contribution in [3.8, 4) is 0 Å². The topological polar surface area (TPSA) is 86.2 Å². The summed E-state index contributed by atoms with van der Waals surface area (Å²) in [4.78, 5) is 3.99. The number of oxazole rings is 1. The fourth-order valence-corrected chi connectivity index (χ4v) is 2.64. The Morgan fingerprint density at radius 3 is 3.00 bits per heavy atom. The molecule has 1 aromatic rings. The van der Waals surface area contributed by atoms with E-state index in [2.05, 4.69) is 4.98 Å². The van der Waals surface area contributed by atoms with Gasteiger partial charge in [0.25, 0.3) is 0 Å². The number of sulfone groups is 1. The molecule has 0 atom stereocenters. The summed E-state index contributed by atoms with van der Waals surface area (Å²) in [6, 6.07) is 0. The molecule has 2 N–H and O–H groups in total. The molecule has 0 saturated heterocycles. The van der Waals surface area contributed by atoms with Crippen LogP contribution >= 0.6 is 0 Å². The maximum atomic E-state index is 11.2. The van der Waals surface area contributed by atoms with Gasteiger partial charge in [0.1, 0.15) is 5.76 Å². The lowest BCUT2D eigenvalue weighted by molar-refractivity contribution is 0.457. The molecule has 0 bridgehead atoms. The Kier molecular flexibility index (Phi) is 1.88. The minimum absolute atomic E-state index is 0.00810. The van der Waals surface area contributed by atoms with E-state index >= 15 is 0 Å². The number of rotatable bonds is 1. The fourth-order valence-electron chi connectivity index (χ4n) is 1.36. The lowest BCUT2D eigenvalue weighted by atomic mass is 10.3. The number of nitrogens with two attached hydrogens (primary N) is 1. The van der Waals surface area contributed by atoms with Crippen molar-refractivity contribution >= 4 is 9.84 Å². The van der Waals surface area contributed by atoms with Gasteiger partial charge in [-0.2, -0.15) is 0 Å². The minimum atomic E-state index is -2.95. The van der Waals surface area contributed by atoms with Crippen LogP contribution in [0, 0.1) is 0 Å². The minimum Gasteiger partial charge on any atom is -0.444 e. The van der Waals surface area contributed by atoms with Gasteiger partial charge in [-0.05, 0) is 0 Å². The molecule has 13 heavy (non-hydrogen) atoms. The van der Waals surface area contributed by atoms with Crippen LogP contribution < -0.4 is 5.73 Å². The third-order valence-electron chi connectivity index (χ3n) is 1.99. The van der Waals surface area contributed by atoms with Crippen LogP contribution in [0.3, 0.4) is 0 Å². The third-order valence-corrected chi connectivity index (χ3v) is 3.53. The second kappa shape index (κ2) is 2.81. The molecule has 0 saturated carbocycles. The maximum Gasteiger partial charge on any atom is 0.208 e. The van der Waals surface area contributed by atoms with Crippen LogP contribution in [0.4, 0.5) is 0 Å². The van der Waals surface area contributed by atoms with Crippen molar-refractivity contribution in [2.75, 3.05) is 5.75 Å². The van der Waals surface area contributed by atoms with Crippen LogP contribution in [0.25, 0.3) is 0 Å². The zero-order valence-corrected chi connectivity index (χ0v) is 7.80. The van der Waals surface area contributed by atoms with E-state index in [9.17, 15) is 8.42 Å². The number of aromatic nitrogens is 1. The van der Waals surface area contributed by atoms with Gasteiger partial charge in [0, 0.05) is 6.42 Å². The second-order valence-corrected chi connectivity index (χ2v) is 5.21. The summed E-state index contributed by atoms with van der Waals surface area (Å²) in [5.41, 5.74) is 5.86. The summed E-state index contributed by atoms with van der Waals surface area (Å²) < 4.78 is 27.6. The summed E-state index contributed by atoms with van der Waals surface area (Å²) in [6.07, 6.45) is 0.421. The predicted molar refractivity (Wildman–Crippen MR) is 45.6 cm³/mol. The Labute approximate surface area is 75.9 Å². The molecule has 72 valence electrons. The van der Waals surface area contributed by atoms with E-state index in [1.165, 1.54) is 0 Å². The summed E-state index contributed by atoms with van der Waals surface area (Å²) in [7, 11) is -2.95. The van der Waals surface area contributed by atoms with E-state index in [1.807, 2.05) is 0 Å². The van der Waals surface area contributed by atoms with Crippen molar-refractivity contribution in [3.05, 3.63) is 17.3 Å². The van der Waals surface area contributed by atoms with Gasteiger partial charge in [-0.3, -0.25) is 0 Å². The highest BCUT2D eigenvalue weighted by Crippen LogP contribution is 2.20. The molecular weight excluding hydrogens is 192 g/mol. The van der Waals surface area contributed by atoms with E-state index in [1.54, 1.807) is 0 Å². The second-order valence-electron chi connectivity index (χ2n) is 3.02. The van der Waals surface area contributed by atoms with Gasteiger partial charge < -0.3 is 10.2 Å². The molecule has 0 unspecified atom stereocenters. The number of fused-ring (bicyclic) bond motifs is 1. The van der Waals surface area contributed by atoms with Gasteiger partial charge >= 0.3 is 0 Å². The van der Waals surface area contributed by atoms with Crippen LogP contribution in [0.1, 0.15) is 17.3 Å². The molecule has 5 nitrogen and oxygen atoms in total. The number of nitrogens with zero attached hydrogens (tertiary/aromatic N) is 1. The van der Waals surface area contributed by atoms with Crippen molar-refractivity contribution in [1.29, 1.82) is 0 Å². The number of hydrogen-bond donors (Lipinski definition) is 1. The summed E-state index contributed by atoms with van der Waals surface area (Å²) >= 11 is 0. The van der Waals surface area contributed by atoms with E-state index < -0.39 is 9.84 Å². The Balaban J connectivity index is 2.40. The largest absolute Gasteiger partial charge is 0.444 e. The van der Waals surface area contributed by atoms with Crippen LogP contribution in [-0.4, -0.2) is 19.2 Å². The summed E-state index contributed by atoms with van der Waals surface area (Å²) in [5, 5.41) is 0. The Morgan fingerprint density at radius 1 is 1.54 bits per heavy atom. The number of hydrogen-bond acceptors (Lipinski definition) is 5. The molecule has 0 aliphatic carbocycles. The van der Waals surface area contributed by atoms with Gasteiger partial charge in [-0.1, -0.05) is 0 Å². The van der Waals surface area contributed by atoms with E-state index in [0.29, 0.717) is 23.8 Å². The van der Waals surface area contributed by atoms with Crippen molar-refractivity contribution in [1.82, 2.24) is 4.98 Å². The van der Waals surface area contributed by atoms with Gasteiger partial charge in [0.2, 0.25) is 5.89 Å². The van der Waals surface area contributed by atoms with E-state index in [0.717, 1.165) is 0 Å². The van der Waals surface area contributed by atoms with E-state index in [-0.39, 0.29) is 18.1 Å². The highest BCUT2D eigenvalue weighted by Gasteiger charge is 2.25. The summed E-state index contributed by atoms with van der Waals surface area (Å²) in [5.74, 6) is 1.24. The average molecular weight is 202 g/mol. The Hall–Kier alpha value is -0.880. The first-order chi connectivity index (χ1) is 6.11. The van der Waals surface area contributed by atoms with Crippen LogP contribution in [-0.2, 0) is 28.6 Å². The van der Waals surface area contributed by atoms with Gasteiger partial charge in [-0.15, -0.1) is 0 Å². The molecule has 6 heteroatoms. The first kappa shape index (κ1) is 8.71. The lowest BCUT2D eigenvalue weighted by Gasteiger charge is -2.07. The Morgan fingerprint density at radius 2 is 2.31 bits per heavy atom. The molecular formula is C7H10N2O3S. The molecule has 1 aromatic heterocycles. The monoisotopic (exact) mass is 202 g/mol. The fraction of sp³-hybridized carbons (Fsp3) is 0.571. The quantitative estimate of drug-likeness (QED) is 0.670. The maximum absolute atomic E-state index is 11.2. The Bertz CT molecular complexity index is 421. The average Bonchev–Trinajstić information content (AvgIpc) is 2.44. The van der Waals surface area contributed by atoms with Crippen LogP contribution in [0.5, 0.6) is 0 Å². The smallest absolute Gasteiger partial charge is 0.208 e. The predicted octanol–water partition coefficient (Wildman–Crippen LogP) is -0.396. The number of aryl methyl sites for hydroxylation is 1. The molecule has 2 rings (SSSR count). The first-order valence-corrected chi connectivity index (χ1v) is 5.81. The molecule has 2 heterocycles. The highest BCUT2D eigenvalue weighted by atomic mass is 32.2. The zero-order valence-electron chi connectivity index (χ0n) is 6.99. The van der Waals surface area contributed by atoms with Gasteiger partial charge in [0.15, 0.2) is 9.84 Å². The third kappa shape index (κ3) is 1.59. The summed E-state index contributed by atoms with van der Waals surface area (Å²) in [6.45, 7) is 0.215. The van der Waals surface area contributed by atoms with Crippen molar-refractivity contribution in [2.24, 2.45) is 5.73 Å². The van der Waals surface area contributed by atoms with Crippen LogP contribution in [0.2, 0.25) is 0 Å². The molecule has 1 aliphatic heterocycles. The standard InChI is InChI=1S/C7H10N2O3S/c8-3-7-9-5-4-13(10,11)2-1-6(5)12-7/h1-4,8H2. The molecule has 0 radical (unpaired) electrons. The van der Waals surface area contributed by atoms with Crippen molar-refractivity contribution < 1.29 is 12.8 Å². The molecule has 0 spiro atoms. The zero-order chi connectivity index (χ0) is 9.47. The first-order valence-electron chi connectivity index (χ1n) is 3.99. The van der Waals surface area contributed by atoms with Gasteiger partial charge in [0.05, 0.1) is 23.7 Å². The van der Waals surface area contributed by atoms with Crippen molar-refractivity contribution in [2.45, 2.75) is 18.7 Å². The SMILES string of the molecule is NCc1nc2c(o1)CCS(=O)(=O)C2.